The van der Waals surface area contributed by atoms with Crippen molar-refractivity contribution in [3.05, 3.63) is 72.9 Å². The monoisotopic (exact) mass is 1140 g/mol. The van der Waals surface area contributed by atoms with E-state index >= 15 is 0 Å². The molecule has 0 amide bonds. The minimum Gasteiger partial charge on any atom is -0.545 e. The van der Waals surface area contributed by atoms with Gasteiger partial charge in [0.25, 0.3) is 0 Å². The van der Waals surface area contributed by atoms with Crippen LogP contribution in [-0.2, 0) is 33.3 Å². The summed E-state index contributed by atoms with van der Waals surface area (Å²) in [6.07, 6.45) is 80.3. The van der Waals surface area contributed by atoms with Gasteiger partial charge in [0.15, 0.2) is 12.4 Å². The van der Waals surface area contributed by atoms with Gasteiger partial charge < -0.3 is 33.3 Å². The number of hydrogen-bond acceptors (Lipinski definition) is 8. The molecule has 9 heteroatoms. The molecule has 0 saturated carbocycles. The van der Waals surface area contributed by atoms with Crippen LogP contribution in [0.2, 0.25) is 0 Å². The van der Waals surface area contributed by atoms with Crippen LogP contribution in [0.15, 0.2) is 72.9 Å². The summed E-state index contributed by atoms with van der Waals surface area (Å²) in [6.45, 7) is 4.58. The highest BCUT2D eigenvalue weighted by molar-refractivity contribution is 5.70. The van der Waals surface area contributed by atoms with Crippen molar-refractivity contribution in [3.63, 3.8) is 0 Å². The van der Waals surface area contributed by atoms with Crippen LogP contribution in [0.5, 0.6) is 0 Å². The lowest BCUT2D eigenvalue weighted by Gasteiger charge is -2.26. The van der Waals surface area contributed by atoms with E-state index in [0.29, 0.717) is 17.4 Å². The summed E-state index contributed by atoms with van der Waals surface area (Å²) in [7, 11) is 5.90. The van der Waals surface area contributed by atoms with Gasteiger partial charge in [0.1, 0.15) is 13.2 Å². The molecule has 0 fully saturated rings. The molecule has 0 saturated heterocycles. The van der Waals surface area contributed by atoms with Crippen molar-refractivity contribution >= 4 is 17.9 Å². The number of carboxylic acid groups (broad SMARTS) is 1. The topological polar surface area (TPSA) is 111 Å². The van der Waals surface area contributed by atoms with E-state index in [4.69, 9.17) is 18.9 Å². The third-order valence-electron chi connectivity index (χ3n) is 15.0. The van der Waals surface area contributed by atoms with Gasteiger partial charge in [-0.2, -0.15) is 0 Å². The molecular formula is C72H129NO8. The third-order valence-corrected chi connectivity index (χ3v) is 15.0. The summed E-state index contributed by atoms with van der Waals surface area (Å²) < 4.78 is 22.6. The van der Waals surface area contributed by atoms with Crippen LogP contribution in [0.25, 0.3) is 0 Å². The molecule has 0 aromatic rings. The normalized spacial score (nSPS) is 13.1. The predicted octanol–water partition coefficient (Wildman–Crippen LogP) is 19.6. The number of likely N-dealkylation sites (N-methyl/N-ethyl adjacent to an activating group) is 1. The van der Waals surface area contributed by atoms with Crippen LogP contribution in [0.3, 0.4) is 0 Å². The quantitative estimate of drug-likeness (QED) is 0.0195. The number of carbonyl (C=O) groups is 3. The molecule has 0 bridgehead atoms. The van der Waals surface area contributed by atoms with Gasteiger partial charge >= 0.3 is 11.9 Å². The van der Waals surface area contributed by atoms with Crippen LogP contribution >= 0.6 is 0 Å². The van der Waals surface area contributed by atoms with Crippen LogP contribution < -0.4 is 5.11 Å². The number of allylic oxidation sites excluding steroid dienone is 12. The Hall–Kier alpha value is -3.27. The lowest BCUT2D eigenvalue weighted by molar-refractivity contribution is -0.870. The van der Waals surface area contributed by atoms with Crippen molar-refractivity contribution in [3.8, 4) is 0 Å². The maximum Gasteiger partial charge on any atom is 0.306 e. The van der Waals surface area contributed by atoms with Crippen molar-refractivity contribution < 1.29 is 42.9 Å². The van der Waals surface area contributed by atoms with Gasteiger partial charge in [0, 0.05) is 12.8 Å². The lowest BCUT2D eigenvalue weighted by atomic mass is 10.0. The van der Waals surface area contributed by atoms with Gasteiger partial charge in [0.05, 0.1) is 40.3 Å². The number of aliphatic carboxylic acids is 1. The number of ether oxygens (including phenoxy) is 4. The molecule has 0 rings (SSSR count). The maximum absolute atomic E-state index is 12.8. The summed E-state index contributed by atoms with van der Waals surface area (Å²) in [6, 6.07) is 0. The summed E-state index contributed by atoms with van der Waals surface area (Å²) in [5.41, 5.74) is 0. The number of unbranched alkanes of at least 4 members (excludes halogenated alkanes) is 36. The highest BCUT2D eigenvalue weighted by Gasteiger charge is 2.22. The Morgan fingerprint density at radius 2 is 0.704 bits per heavy atom. The van der Waals surface area contributed by atoms with Crippen molar-refractivity contribution in [1.29, 1.82) is 0 Å². The summed E-state index contributed by atoms with van der Waals surface area (Å²) in [5, 5.41) is 11.8. The minimum atomic E-state index is -1.64. The Labute approximate surface area is 500 Å². The lowest BCUT2D eigenvalue weighted by Crippen LogP contribution is -2.44. The zero-order chi connectivity index (χ0) is 59.1. The average molecular weight is 1140 g/mol. The van der Waals surface area contributed by atoms with E-state index in [1.54, 1.807) is 0 Å². The average Bonchev–Trinajstić information content (AvgIpc) is 3.44. The number of rotatable bonds is 63. The molecular weight excluding hydrogens is 1010 g/mol. The first-order valence-corrected chi connectivity index (χ1v) is 34.1. The molecule has 0 aliphatic carbocycles. The van der Waals surface area contributed by atoms with E-state index < -0.39 is 24.3 Å². The van der Waals surface area contributed by atoms with Gasteiger partial charge in [-0.15, -0.1) is 0 Å². The van der Waals surface area contributed by atoms with E-state index in [0.717, 1.165) is 57.8 Å². The second-order valence-electron chi connectivity index (χ2n) is 24.1. The predicted molar refractivity (Wildman–Crippen MR) is 343 cm³/mol. The fourth-order valence-corrected chi connectivity index (χ4v) is 9.80. The molecule has 470 valence electrons. The molecule has 81 heavy (non-hydrogen) atoms. The standard InChI is InChI=1S/C72H129NO8/c1-6-8-10-12-14-16-18-20-22-24-26-27-28-29-30-31-32-33-34-35-36-37-38-39-40-41-42-43-45-46-48-50-52-54-56-58-60-62-69(74)79-66-68(67-80-72(71(76)77)78-65-64-73(3,4)5)81-70(75)63-61-59-57-55-53-51-49-47-44-25-23-21-19-17-15-13-11-9-7-2/h9,11,15,17,21,23,44,47,51,53,57,59,68,72H,6-8,10,12-14,16,18-20,22,24-43,45-46,48-50,52,54-56,58,60-67H2,1-5H3/b11-9-,17-15-,23-21-,47-44-,53-51-,59-57-. The van der Waals surface area contributed by atoms with Crippen molar-refractivity contribution in [2.45, 2.75) is 322 Å². The second kappa shape index (κ2) is 62.8. The largest absolute Gasteiger partial charge is 0.545 e. The highest BCUT2D eigenvalue weighted by Crippen LogP contribution is 2.18. The fraction of sp³-hybridized carbons (Fsp3) is 0.792. The first-order chi connectivity index (χ1) is 39.6. The first-order valence-electron chi connectivity index (χ1n) is 34.1. The van der Waals surface area contributed by atoms with Crippen LogP contribution in [0.4, 0.5) is 0 Å². The Morgan fingerprint density at radius 1 is 0.383 bits per heavy atom. The Kier molecular flexibility index (Phi) is 60.2. The van der Waals surface area contributed by atoms with Gasteiger partial charge in [-0.05, 0) is 51.4 Å². The molecule has 0 aromatic heterocycles. The van der Waals surface area contributed by atoms with Crippen LogP contribution in [-0.4, -0.2) is 82.3 Å². The van der Waals surface area contributed by atoms with Crippen LogP contribution in [0.1, 0.15) is 309 Å². The van der Waals surface area contributed by atoms with E-state index in [1.807, 2.05) is 33.3 Å². The van der Waals surface area contributed by atoms with Gasteiger partial charge in [-0.1, -0.05) is 318 Å². The van der Waals surface area contributed by atoms with E-state index in [2.05, 4.69) is 74.6 Å². The van der Waals surface area contributed by atoms with E-state index in [-0.39, 0.29) is 38.6 Å². The van der Waals surface area contributed by atoms with E-state index in [1.165, 1.54) is 218 Å². The Balaban J connectivity index is 4.04. The molecule has 0 N–H and O–H groups in total. The molecule has 2 atom stereocenters. The molecule has 2 unspecified atom stereocenters. The SMILES string of the molecule is CC/C=C\C/C=C\C/C=C\C/C=C\C/C=C\C/C=C\CCC(=O)OC(COC(=O)CCCCCCCCCCCCCCCCCCCCCCCCCCCCCCCCCCCCCCC)COC(OCC[N+](C)(C)C)C(=O)[O-]. The molecule has 0 aliphatic rings. The fourth-order valence-electron chi connectivity index (χ4n) is 9.80. The molecule has 9 nitrogen and oxygen atoms in total. The van der Waals surface area contributed by atoms with Gasteiger partial charge in [-0.25, -0.2) is 0 Å². The second-order valence-corrected chi connectivity index (χ2v) is 24.1. The maximum atomic E-state index is 12.8. The van der Waals surface area contributed by atoms with Gasteiger partial charge in [-0.3, -0.25) is 9.59 Å². The van der Waals surface area contributed by atoms with E-state index in [9.17, 15) is 19.5 Å². The smallest absolute Gasteiger partial charge is 0.306 e. The number of esters is 2. The number of quaternary nitrogens is 1. The zero-order valence-electron chi connectivity index (χ0n) is 53.7. The number of nitrogens with zero attached hydrogens (tertiary/aromatic N) is 1. The summed E-state index contributed by atoms with van der Waals surface area (Å²) in [4.78, 5) is 37.3. The zero-order valence-corrected chi connectivity index (χ0v) is 53.7. The minimum absolute atomic E-state index is 0.121. The third kappa shape index (κ3) is 64.1. The number of carbonyl (C=O) groups excluding carboxylic acids is 3. The molecule has 0 aliphatic heterocycles. The van der Waals surface area contributed by atoms with Crippen molar-refractivity contribution in [2.75, 3.05) is 47.5 Å². The number of hydrogen-bond donors (Lipinski definition) is 0. The Morgan fingerprint density at radius 3 is 1.02 bits per heavy atom. The molecule has 0 spiro atoms. The van der Waals surface area contributed by atoms with Crippen molar-refractivity contribution in [1.82, 2.24) is 0 Å². The van der Waals surface area contributed by atoms with Crippen molar-refractivity contribution in [2.24, 2.45) is 0 Å². The summed E-state index contributed by atoms with van der Waals surface area (Å²) >= 11 is 0. The Bertz CT molecular complexity index is 1560. The highest BCUT2D eigenvalue weighted by atomic mass is 16.7. The molecule has 0 heterocycles. The molecule has 0 radical (unpaired) electrons. The molecule has 0 aromatic carbocycles. The van der Waals surface area contributed by atoms with Crippen LogP contribution in [0, 0.1) is 0 Å². The number of carboxylic acids is 1. The first kappa shape index (κ1) is 77.7. The van der Waals surface area contributed by atoms with Gasteiger partial charge in [0.2, 0.25) is 0 Å². The summed E-state index contributed by atoms with van der Waals surface area (Å²) in [5.74, 6) is -2.39.